The highest BCUT2D eigenvalue weighted by Crippen LogP contribution is 2.39. The van der Waals surface area contributed by atoms with Gasteiger partial charge in [0.05, 0.1) is 6.10 Å². The van der Waals surface area contributed by atoms with E-state index in [0.717, 1.165) is 31.8 Å². The summed E-state index contributed by atoms with van der Waals surface area (Å²) < 4.78 is 1.21. The Bertz CT molecular complexity index is 439. The first-order chi connectivity index (χ1) is 10.2. The number of aliphatic hydroxyl groups is 1. The summed E-state index contributed by atoms with van der Waals surface area (Å²) in [5.41, 5.74) is 0. The molecule has 3 nitrogen and oxygen atoms in total. The molecule has 118 valence electrons. The molecule has 1 aliphatic carbocycles. The Labute approximate surface area is 139 Å². The summed E-state index contributed by atoms with van der Waals surface area (Å²) in [5.74, 6) is 1.36. The van der Waals surface area contributed by atoms with Crippen molar-refractivity contribution in [3.8, 4) is 0 Å². The third-order valence-corrected chi connectivity index (χ3v) is 6.75. The Morgan fingerprint density at radius 2 is 2.00 bits per heavy atom. The van der Waals surface area contributed by atoms with Gasteiger partial charge in [0, 0.05) is 53.4 Å². The molecule has 1 unspecified atom stereocenters. The van der Waals surface area contributed by atoms with E-state index < -0.39 is 0 Å². The van der Waals surface area contributed by atoms with Gasteiger partial charge < -0.3 is 15.3 Å². The molecule has 2 fully saturated rings. The zero-order valence-electron chi connectivity index (χ0n) is 12.4. The van der Waals surface area contributed by atoms with E-state index in [0.29, 0.717) is 5.92 Å². The highest BCUT2D eigenvalue weighted by molar-refractivity contribution is 9.10. The fourth-order valence-electron chi connectivity index (χ4n) is 3.67. The molecule has 0 radical (unpaired) electrons. The Kier molecular flexibility index (Phi) is 5.73. The minimum Gasteiger partial charge on any atom is -0.393 e. The van der Waals surface area contributed by atoms with Crippen LogP contribution in [0.15, 0.2) is 15.9 Å². The minimum atomic E-state index is -0.0591. The number of hydrogen-bond acceptors (Lipinski definition) is 4. The Morgan fingerprint density at radius 3 is 2.62 bits per heavy atom. The van der Waals surface area contributed by atoms with Crippen molar-refractivity contribution in [2.24, 2.45) is 5.92 Å². The minimum absolute atomic E-state index is 0.0591. The topological polar surface area (TPSA) is 35.5 Å². The fraction of sp³-hybridized carbons (Fsp3) is 0.750. The smallest absolute Gasteiger partial charge is 0.0540 e. The number of nitrogens with one attached hydrogen (secondary N) is 1. The molecule has 2 aliphatic rings. The molecule has 3 rings (SSSR count). The van der Waals surface area contributed by atoms with Crippen LogP contribution in [0.4, 0.5) is 0 Å². The van der Waals surface area contributed by atoms with Crippen LogP contribution in [0.25, 0.3) is 0 Å². The van der Waals surface area contributed by atoms with Gasteiger partial charge in [-0.3, -0.25) is 0 Å². The normalized spacial score (nSPS) is 29.4. The Morgan fingerprint density at radius 1 is 1.29 bits per heavy atom. The van der Waals surface area contributed by atoms with Gasteiger partial charge in [0.2, 0.25) is 0 Å². The number of aliphatic hydroxyl groups excluding tert-OH is 1. The number of halogens is 1. The number of hydrogen-bond donors (Lipinski definition) is 2. The molecule has 0 bridgehead atoms. The molecule has 1 atom stereocenters. The second-order valence-electron chi connectivity index (χ2n) is 6.39. The van der Waals surface area contributed by atoms with Gasteiger partial charge in [-0.1, -0.05) is 0 Å². The number of rotatable bonds is 4. The van der Waals surface area contributed by atoms with E-state index in [1.165, 1.54) is 41.8 Å². The van der Waals surface area contributed by atoms with Crippen molar-refractivity contribution in [1.82, 2.24) is 10.2 Å². The average Bonchev–Trinajstić information content (AvgIpc) is 2.93. The molecular formula is C16H25BrN2OS. The van der Waals surface area contributed by atoms with Crippen LogP contribution in [0.3, 0.4) is 0 Å². The lowest BCUT2D eigenvalue weighted by molar-refractivity contribution is 0.0937. The first-order valence-corrected chi connectivity index (χ1v) is 9.74. The van der Waals surface area contributed by atoms with Crippen molar-refractivity contribution in [3.05, 3.63) is 20.8 Å². The van der Waals surface area contributed by atoms with Crippen molar-refractivity contribution in [2.75, 3.05) is 32.7 Å². The van der Waals surface area contributed by atoms with Crippen molar-refractivity contribution < 1.29 is 5.11 Å². The van der Waals surface area contributed by atoms with Gasteiger partial charge in [-0.2, -0.15) is 0 Å². The molecule has 0 amide bonds. The molecule has 5 heteroatoms. The summed E-state index contributed by atoms with van der Waals surface area (Å²) in [6, 6.07) is 2.31. The molecule has 0 aromatic carbocycles. The van der Waals surface area contributed by atoms with Gasteiger partial charge in [0.1, 0.15) is 0 Å². The summed E-state index contributed by atoms with van der Waals surface area (Å²) >= 11 is 5.50. The summed E-state index contributed by atoms with van der Waals surface area (Å²) in [6.07, 6.45) is 4.25. The third-order valence-electron chi connectivity index (χ3n) is 4.93. The van der Waals surface area contributed by atoms with E-state index in [4.69, 9.17) is 0 Å². The lowest BCUT2D eigenvalue weighted by atomic mass is 9.78. The van der Waals surface area contributed by atoms with Gasteiger partial charge in [-0.25, -0.2) is 0 Å². The molecule has 1 saturated carbocycles. The van der Waals surface area contributed by atoms with Crippen LogP contribution in [-0.2, 0) is 0 Å². The van der Waals surface area contributed by atoms with E-state index in [9.17, 15) is 5.11 Å². The van der Waals surface area contributed by atoms with E-state index in [1.807, 2.05) is 11.3 Å². The fourth-order valence-corrected chi connectivity index (χ4v) is 5.30. The third kappa shape index (κ3) is 4.29. The van der Waals surface area contributed by atoms with Gasteiger partial charge in [-0.15, -0.1) is 11.3 Å². The van der Waals surface area contributed by atoms with Crippen molar-refractivity contribution >= 4 is 27.3 Å². The maximum absolute atomic E-state index is 9.78. The Hall–Kier alpha value is 0.0600. The zero-order chi connectivity index (χ0) is 14.7. The highest BCUT2D eigenvalue weighted by atomic mass is 79.9. The van der Waals surface area contributed by atoms with Crippen LogP contribution in [0.5, 0.6) is 0 Å². The molecule has 1 aromatic rings. The summed E-state index contributed by atoms with van der Waals surface area (Å²) in [5, 5.41) is 15.4. The van der Waals surface area contributed by atoms with Crippen molar-refractivity contribution in [2.45, 2.75) is 37.7 Å². The molecule has 1 saturated heterocycles. The number of piperazine rings is 1. The van der Waals surface area contributed by atoms with Gasteiger partial charge in [-0.05, 0) is 53.6 Å². The summed E-state index contributed by atoms with van der Waals surface area (Å²) in [4.78, 5) is 4.13. The maximum atomic E-state index is 9.78. The molecular weight excluding hydrogens is 348 g/mol. The first-order valence-electron chi connectivity index (χ1n) is 8.07. The van der Waals surface area contributed by atoms with Crippen LogP contribution in [0.1, 0.15) is 36.5 Å². The van der Waals surface area contributed by atoms with Gasteiger partial charge in [0.25, 0.3) is 0 Å². The predicted molar refractivity (Wildman–Crippen MR) is 92.0 cm³/mol. The molecule has 1 aromatic heterocycles. The second-order valence-corrected chi connectivity index (χ2v) is 8.25. The number of nitrogens with zero attached hydrogens (tertiary/aromatic N) is 1. The lowest BCUT2D eigenvalue weighted by Gasteiger charge is -2.36. The summed E-state index contributed by atoms with van der Waals surface area (Å²) in [7, 11) is 0. The quantitative estimate of drug-likeness (QED) is 0.852. The van der Waals surface area contributed by atoms with Gasteiger partial charge >= 0.3 is 0 Å². The van der Waals surface area contributed by atoms with E-state index in [-0.39, 0.29) is 6.10 Å². The monoisotopic (exact) mass is 372 g/mol. The molecule has 0 spiro atoms. The average molecular weight is 373 g/mol. The van der Waals surface area contributed by atoms with E-state index >= 15 is 0 Å². The molecule has 2 N–H and O–H groups in total. The second kappa shape index (κ2) is 7.55. The van der Waals surface area contributed by atoms with Crippen LogP contribution in [0, 0.1) is 5.92 Å². The SMILES string of the molecule is OC1CCC(C(CN2CCNCC2)c2cc(Br)cs2)CC1. The van der Waals surface area contributed by atoms with Crippen LogP contribution in [-0.4, -0.2) is 48.8 Å². The Balaban J connectivity index is 1.70. The standard InChI is InChI=1S/C16H25BrN2OS/c17-13-9-16(21-11-13)15(10-19-7-5-18-6-8-19)12-1-3-14(20)4-2-12/h9,11-12,14-15,18,20H,1-8,10H2. The van der Waals surface area contributed by atoms with Crippen LogP contribution >= 0.6 is 27.3 Å². The number of thiophene rings is 1. The molecule has 21 heavy (non-hydrogen) atoms. The molecule has 2 heterocycles. The van der Waals surface area contributed by atoms with Gasteiger partial charge in [0.15, 0.2) is 0 Å². The zero-order valence-corrected chi connectivity index (χ0v) is 14.8. The van der Waals surface area contributed by atoms with E-state index in [2.05, 4.69) is 37.6 Å². The largest absolute Gasteiger partial charge is 0.393 e. The predicted octanol–water partition coefficient (Wildman–Crippen LogP) is 3.05. The maximum Gasteiger partial charge on any atom is 0.0540 e. The lowest BCUT2D eigenvalue weighted by Crippen LogP contribution is -2.45. The summed E-state index contributed by atoms with van der Waals surface area (Å²) in [6.45, 7) is 5.74. The van der Waals surface area contributed by atoms with E-state index in [1.54, 1.807) is 0 Å². The first kappa shape index (κ1) is 15.9. The highest BCUT2D eigenvalue weighted by Gasteiger charge is 2.30. The van der Waals surface area contributed by atoms with Crippen LogP contribution < -0.4 is 5.32 Å². The van der Waals surface area contributed by atoms with Crippen molar-refractivity contribution in [3.63, 3.8) is 0 Å². The van der Waals surface area contributed by atoms with Crippen molar-refractivity contribution in [1.29, 1.82) is 0 Å². The van der Waals surface area contributed by atoms with Crippen LogP contribution in [0.2, 0.25) is 0 Å². The molecule has 1 aliphatic heterocycles.